The molecule has 2 aromatic rings. The van der Waals surface area contributed by atoms with E-state index in [9.17, 15) is 0 Å². The maximum absolute atomic E-state index is 5.77. The topological polar surface area (TPSA) is 45.4 Å². The Balaban J connectivity index is 1.73. The SMILES string of the molecule is CCc1cc(SCc2ccc(N)cc2)nc(N2CCCN(C)CC2)c1. The van der Waals surface area contributed by atoms with E-state index >= 15 is 0 Å². The predicted octanol–water partition coefficient (Wildman–Crippen LogP) is 3.66. The maximum atomic E-state index is 5.77. The van der Waals surface area contributed by atoms with Gasteiger partial charge in [-0.05, 0) is 61.8 Å². The fourth-order valence-electron chi connectivity index (χ4n) is 3.03. The number of thioether (sulfide) groups is 1. The fraction of sp³-hybridized carbons (Fsp3) is 0.450. The third-order valence-electron chi connectivity index (χ3n) is 4.67. The molecular formula is C20H28N4S. The molecule has 0 unspecified atom stereocenters. The van der Waals surface area contributed by atoms with E-state index in [0.717, 1.165) is 48.3 Å². The van der Waals surface area contributed by atoms with Crippen molar-refractivity contribution in [2.45, 2.75) is 30.5 Å². The number of rotatable bonds is 5. The molecule has 0 aliphatic carbocycles. The Hall–Kier alpha value is -1.72. The lowest BCUT2D eigenvalue weighted by atomic mass is 10.2. The molecule has 3 rings (SSSR count). The number of nitrogen functional groups attached to an aromatic ring is 1. The fourth-order valence-corrected chi connectivity index (χ4v) is 3.93. The molecule has 5 heteroatoms. The Bertz CT molecular complexity index is 687. The number of aromatic nitrogens is 1. The highest BCUT2D eigenvalue weighted by atomic mass is 32.2. The van der Waals surface area contributed by atoms with Gasteiger partial charge in [0.15, 0.2) is 0 Å². The van der Waals surface area contributed by atoms with Crippen LogP contribution in [0.3, 0.4) is 0 Å². The van der Waals surface area contributed by atoms with Crippen molar-refractivity contribution in [3.05, 3.63) is 47.5 Å². The van der Waals surface area contributed by atoms with Crippen molar-refractivity contribution < 1.29 is 0 Å². The van der Waals surface area contributed by atoms with Crippen molar-refractivity contribution in [3.63, 3.8) is 0 Å². The summed E-state index contributed by atoms with van der Waals surface area (Å²) in [6, 6.07) is 12.6. The van der Waals surface area contributed by atoms with Gasteiger partial charge in [-0.15, -0.1) is 11.8 Å². The largest absolute Gasteiger partial charge is 0.399 e. The first-order valence-electron chi connectivity index (χ1n) is 9.05. The first kappa shape index (κ1) is 18.1. The molecule has 0 radical (unpaired) electrons. The Kier molecular flexibility index (Phi) is 6.21. The van der Waals surface area contributed by atoms with E-state index in [-0.39, 0.29) is 0 Å². The summed E-state index contributed by atoms with van der Waals surface area (Å²) in [5, 5.41) is 1.11. The molecule has 1 saturated heterocycles. The maximum Gasteiger partial charge on any atom is 0.130 e. The molecule has 0 amide bonds. The molecule has 2 heterocycles. The normalized spacial score (nSPS) is 16.0. The molecule has 1 aliphatic rings. The number of aryl methyl sites for hydroxylation is 1. The van der Waals surface area contributed by atoms with Crippen LogP contribution < -0.4 is 10.6 Å². The van der Waals surface area contributed by atoms with Crippen LogP contribution in [0.4, 0.5) is 11.5 Å². The standard InChI is InChI=1S/C20H28N4S/c1-3-16-13-19(24-10-4-9-23(2)11-12-24)22-20(14-16)25-15-17-5-7-18(21)8-6-17/h5-8,13-14H,3-4,9-12,15,21H2,1-2H3. The summed E-state index contributed by atoms with van der Waals surface area (Å²) in [4.78, 5) is 9.79. The quantitative estimate of drug-likeness (QED) is 0.654. The second-order valence-corrected chi connectivity index (χ2v) is 7.70. The van der Waals surface area contributed by atoms with Gasteiger partial charge < -0.3 is 15.5 Å². The van der Waals surface area contributed by atoms with Crippen molar-refractivity contribution in [2.75, 3.05) is 43.9 Å². The first-order chi connectivity index (χ1) is 12.1. The van der Waals surface area contributed by atoms with Gasteiger partial charge in [0.1, 0.15) is 5.82 Å². The lowest BCUT2D eigenvalue weighted by Gasteiger charge is -2.23. The van der Waals surface area contributed by atoms with E-state index in [4.69, 9.17) is 10.7 Å². The second kappa shape index (κ2) is 8.59. The van der Waals surface area contributed by atoms with Crippen LogP contribution in [0.15, 0.2) is 41.4 Å². The third kappa shape index (κ3) is 5.13. The minimum Gasteiger partial charge on any atom is -0.399 e. The number of hydrogen-bond acceptors (Lipinski definition) is 5. The minimum atomic E-state index is 0.813. The van der Waals surface area contributed by atoms with E-state index in [1.807, 2.05) is 12.1 Å². The van der Waals surface area contributed by atoms with Crippen molar-refractivity contribution in [3.8, 4) is 0 Å². The lowest BCUT2D eigenvalue weighted by molar-refractivity contribution is 0.360. The van der Waals surface area contributed by atoms with E-state index in [2.05, 4.69) is 48.0 Å². The van der Waals surface area contributed by atoms with Crippen LogP contribution in [0.5, 0.6) is 0 Å². The number of nitrogens with two attached hydrogens (primary N) is 1. The lowest BCUT2D eigenvalue weighted by Crippen LogP contribution is -2.29. The zero-order valence-corrected chi connectivity index (χ0v) is 16.1. The van der Waals surface area contributed by atoms with Gasteiger partial charge in [0.05, 0.1) is 5.03 Å². The van der Waals surface area contributed by atoms with Crippen molar-refractivity contribution >= 4 is 23.3 Å². The highest BCUT2D eigenvalue weighted by Gasteiger charge is 2.15. The summed E-state index contributed by atoms with van der Waals surface area (Å²) >= 11 is 1.80. The van der Waals surface area contributed by atoms with Crippen LogP contribution in [-0.2, 0) is 12.2 Å². The molecule has 0 spiro atoms. The monoisotopic (exact) mass is 356 g/mol. The molecule has 4 nitrogen and oxygen atoms in total. The van der Waals surface area contributed by atoms with Crippen LogP contribution in [-0.4, -0.2) is 43.1 Å². The smallest absolute Gasteiger partial charge is 0.130 e. The van der Waals surface area contributed by atoms with Crippen molar-refractivity contribution in [1.29, 1.82) is 0 Å². The first-order valence-corrected chi connectivity index (χ1v) is 10.0. The zero-order chi connectivity index (χ0) is 17.6. The average molecular weight is 357 g/mol. The summed E-state index contributed by atoms with van der Waals surface area (Å²) in [6.45, 7) is 6.63. The number of pyridine rings is 1. The van der Waals surface area contributed by atoms with Gasteiger partial charge in [-0.25, -0.2) is 4.98 Å². The van der Waals surface area contributed by atoms with Crippen LogP contribution in [0.2, 0.25) is 0 Å². The molecule has 1 aromatic heterocycles. The highest BCUT2D eigenvalue weighted by Crippen LogP contribution is 2.26. The third-order valence-corrected chi connectivity index (χ3v) is 5.65. The summed E-state index contributed by atoms with van der Waals surface area (Å²) < 4.78 is 0. The Morgan fingerprint density at radius 3 is 2.60 bits per heavy atom. The Morgan fingerprint density at radius 2 is 1.84 bits per heavy atom. The molecular weight excluding hydrogens is 328 g/mol. The number of anilines is 2. The van der Waals surface area contributed by atoms with Crippen LogP contribution in [0.1, 0.15) is 24.5 Å². The Labute approximate surface area is 155 Å². The number of nitrogens with zero attached hydrogens (tertiary/aromatic N) is 3. The van der Waals surface area contributed by atoms with Gasteiger partial charge in [-0.1, -0.05) is 19.1 Å². The van der Waals surface area contributed by atoms with Gasteiger partial charge in [0.25, 0.3) is 0 Å². The van der Waals surface area contributed by atoms with Gasteiger partial charge in [0, 0.05) is 31.1 Å². The number of hydrogen-bond donors (Lipinski definition) is 1. The minimum absolute atomic E-state index is 0.813. The summed E-state index contributed by atoms with van der Waals surface area (Å²) in [5.41, 5.74) is 9.22. The van der Waals surface area contributed by atoms with Crippen LogP contribution in [0, 0.1) is 0 Å². The highest BCUT2D eigenvalue weighted by molar-refractivity contribution is 7.98. The number of likely N-dealkylation sites (N-methyl/N-ethyl adjacent to an activating group) is 1. The van der Waals surface area contributed by atoms with Gasteiger partial charge in [-0.2, -0.15) is 0 Å². The second-order valence-electron chi connectivity index (χ2n) is 6.70. The molecule has 1 aromatic carbocycles. The molecule has 1 aliphatic heterocycles. The summed E-state index contributed by atoms with van der Waals surface area (Å²) in [5.74, 6) is 2.05. The van der Waals surface area contributed by atoms with E-state index in [1.54, 1.807) is 11.8 Å². The average Bonchev–Trinajstić information content (AvgIpc) is 2.85. The molecule has 0 bridgehead atoms. The van der Waals surface area contributed by atoms with Crippen molar-refractivity contribution in [2.24, 2.45) is 0 Å². The van der Waals surface area contributed by atoms with Gasteiger partial charge in [-0.3, -0.25) is 0 Å². The van der Waals surface area contributed by atoms with Crippen molar-refractivity contribution in [1.82, 2.24) is 9.88 Å². The Morgan fingerprint density at radius 1 is 1.04 bits per heavy atom. The van der Waals surface area contributed by atoms with Crippen LogP contribution in [0.25, 0.3) is 0 Å². The van der Waals surface area contributed by atoms with Gasteiger partial charge in [0.2, 0.25) is 0 Å². The molecule has 2 N–H and O–H groups in total. The molecule has 0 atom stereocenters. The predicted molar refractivity (Wildman–Crippen MR) is 108 cm³/mol. The zero-order valence-electron chi connectivity index (χ0n) is 15.2. The summed E-state index contributed by atoms with van der Waals surface area (Å²) in [6.07, 6.45) is 2.24. The van der Waals surface area contributed by atoms with E-state index < -0.39 is 0 Å². The molecule has 134 valence electrons. The number of benzene rings is 1. The summed E-state index contributed by atoms with van der Waals surface area (Å²) in [7, 11) is 2.20. The molecule has 25 heavy (non-hydrogen) atoms. The molecule has 0 saturated carbocycles. The van der Waals surface area contributed by atoms with E-state index in [0.29, 0.717) is 0 Å². The van der Waals surface area contributed by atoms with E-state index in [1.165, 1.54) is 24.1 Å². The molecule has 1 fully saturated rings. The van der Waals surface area contributed by atoms with Gasteiger partial charge >= 0.3 is 0 Å². The van der Waals surface area contributed by atoms with Crippen LogP contribution >= 0.6 is 11.8 Å².